The van der Waals surface area contributed by atoms with Crippen LogP contribution in [0, 0.1) is 6.92 Å². The molecule has 0 saturated heterocycles. The van der Waals surface area contributed by atoms with Crippen LogP contribution < -0.4 is 11.1 Å². The van der Waals surface area contributed by atoms with Gasteiger partial charge in [0.2, 0.25) is 0 Å². The van der Waals surface area contributed by atoms with Crippen LogP contribution in [0.1, 0.15) is 11.3 Å². The molecule has 0 atom stereocenters. The molecule has 0 aliphatic rings. The van der Waals surface area contributed by atoms with Crippen LogP contribution in [0.4, 0.5) is 0 Å². The molecule has 1 aromatic rings. The lowest BCUT2D eigenvalue weighted by molar-refractivity contribution is 0.204. The summed E-state index contributed by atoms with van der Waals surface area (Å²) >= 11 is 0. The average Bonchev–Trinajstić information content (AvgIpc) is 2.28. The zero-order chi connectivity index (χ0) is 11.8. The van der Waals surface area contributed by atoms with Crippen molar-refractivity contribution in [3.8, 4) is 0 Å². The zero-order valence-corrected chi connectivity index (χ0v) is 9.73. The predicted molar refractivity (Wildman–Crippen MR) is 64.2 cm³/mol. The summed E-state index contributed by atoms with van der Waals surface area (Å²) in [7, 11) is 1.65. The molecule has 0 bridgehead atoms. The number of ether oxygens (including phenoxy) is 1. The smallest absolute Gasteiger partial charge is 0.189 e. The van der Waals surface area contributed by atoms with Gasteiger partial charge in [0, 0.05) is 19.9 Å². The van der Waals surface area contributed by atoms with E-state index in [-0.39, 0.29) is 0 Å². The van der Waals surface area contributed by atoms with E-state index in [0.717, 1.165) is 11.3 Å². The molecular weight excluding hydrogens is 204 g/mol. The number of rotatable bonds is 5. The molecule has 0 spiro atoms. The molecule has 0 aliphatic carbocycles. The second-order valence-electron chi connectivity index (χ2n) is 3.39. The van der Waals surface area contributed by atoms with E-state index in [1.165, 1.54) is 0 Å². The van der Waals surface area contributed by atoms with Gasteiger partial charge in [0.05, 0.1) is 18.8 Å². The van der Waals surface area contributed by atoms with E-state index in [1.54, 1.807) is 13.3 Å². The molecule has 0 radical (unpaired) electrons. The van der Waals surface area contributed by atoms with Crippen molar-refractivity contribution in [2.24, 2.45) is 10.7 Å². The standard InChI is InChI=1S/C11H18N4O/c1-9-4-3-5-13-10(9)8-15-11(12)14-6-7-16-2/h3-5H,6-8H2,1-2H3,(H3,12,14,15). The SMILES string of the molecule is COCCNC(N)=NCc1ncccc1C. The molecule has 1 heterocycles. The summed E-state index contributed by atoms with van der Waals surface area (Å²) in [6.45, 7) is 3.77. The number of guanidine groups is 1. The van der Waals surface area contributed by atoms with Crippen LogP contribution in [0.25, 0.3) is 0 Å². The molecule has 88 valence electrons. The van der Waals surface area contributed by atoms with Gasteiger partial charge in [0.25, 0.3) is 0 Å². The Morgan fingerprint density at radius 2 is 2.44 bits per heavy atom. The van der Waals surface area contributed by atoms with Crippen LogP contribution in [0.2, 0.25) is 0 Å². The Morgan fingerprint density at radius 3 is 3.12 bits per heavy atom. The lowest BCUT2D eigenvalue weighted by Gasteiger charge is -2.05. The molecule has 5 nitrogen and oxygen atoms in total. The van der Waals surface area contributed by atoms with Crippen molar-refractivity contribution in [1.29, 1.82) is 0 Å². The zero-order valence-electron chi connectivity index (χ0n) is 9.73. The number of hydrogen-bond donors (Lipinski definition) is 2. The van der Waals surface area contributed by atoms with Gasteiger partial charge < -0.3 is 15.8 Å². The van der Waals surface area contributed by atoms with Crippen LogP contribution in [0.5, 0.6) is 0 Å². The number of aromatic nitrogens is 1. The van der Waals surface area contributed by atoms with Crippen LogP contribution in [0.3, 0.4) is 0 Å². The molecule has 1 rings (SSSR count). The summed E-state index contributed by atoms with van der Waals surface area (Å²) in [6, 6.07) is 3.91. The van der Waals surface area contributed by atoms with Crippen molar-refractivity contribution in [3.05, 3.63) is 29.6 Å². The third-order valence-corrected chi connectivity index (χ3v) is 2.13. The van der Waals surface area contributed by atoms with Gasteiger partial charge in [-0.1, -0.05) is 6.07 Å². The molecule has 3 N–H and O–H groups in total. The van der Waals surface area contributed by atoms with Gasteiger partial charge in [-0.05, 0) is 18.6 Å². The van der Waals surface area contributed by atoms with Crippen molar-refractivity contribution in [2.75, 3.05) is 20.3 Å². The number of nitrogens with zero attached hydrogens (tertiary/aromatic N) is 2. The molecule has 0 saturated carbocycles. The summed E-state index contributed by atoms with van der Waals surface area (Å²) in [5, 5.41) is 2.95. The maximum atomic E-state index is 5.67. The quantitative estimate of drug-likeness (QED) is 0.431. The van der Waals surface area contributed by atoms with E-state index < -0.39 is 0 Å². The number of pyridine rings is 1. The second-order valence-corrected chi connectivity index (χ2v) is 3.39. The third kappa shape index (κ3) is 4.27. The van der Waals surface area contributed by atoms with E-state index in [1.807, 2.05) is 19.1 Å². The lowest BCUT2D eigenvalue weighted by atomic mass is 10.2. The normalized spacial score (nSPS) is 11.5. The summed E-state index contributed by atoms with van der Waals surface area (Å²) in [5.41, 5.74) is 7.73. The first kappa shape index (κ1) is 12.4. The van der Waals surface area contributed by atoms with E-state index in [9.17, 15) is 0 Å². The fourth-order valence-corrected chi connectivity index (χ4v) is 1.18. The Balaban J connectivity index is 2.43. The molecule has 16 heavy (non-hydrogen) atoms. The van der Waals surface area contributed by atoms with Gasteiger partial charge in [0.15, 0.2) is 5.96 Å². The molecule has 0 aliphatic heterocycles. The third-order valence-electron chi connectivity index (χ3n) is 2.13. The minimum Gasteiger partial charge on any atom is -0.383 e. The molecule has 1 aromatic heterocycles. The Kier molecular flexibility index (Phi) is 5.28. The first-order valence-electron chi connectivity index (χ1n) is 5.17. The van der Waals surface area contributed by atoms with Crippen molar-refractivity contribution in [2.45, 2.75) is 13.5 Å². The monoisotopic (exact) mass is 222 g/mol. The first-order chi connectivity index (χ1) is 7.74. The van der Waals surface area contributed by atoms with Gasteiger partial charge in [-0.2, -0.15) is 0 Å². The predicted octanol–water partition coefficient (Wildman–Crippen LogP) is 0.441. The minimum absolute atomic E-state index is 0.419. The summed E-state index contributed by atoms with van der Waals surface area (Å²) < 4.78 is 4.89. The molecule has 0 amide bonds. The van der Waals surface area contributed by atoms with E-state index in [4.69, 9.17) is 10.5 Å². The highest BCUT2D eigenvalue weighted by Gasteiger charge is 1.97. The van der Waals surface area contributed by atoms with Gasteiger partial charge >= 0.3 is 0 Å². The molecule has 0 unspecified atom stereocenters. The van der Waals surface area contributed by atoms with Gasteiger partial charge in [-0.15, -0.1) is 0 Å². The molecule has 0 fully saturated rings. The number of hydrogen-bond acceptors (Lipinski definition) is 3. The number of methoxy groups -OCH3 is 1. The number of aryl methyl sites for hydroxylation is 1. The Labute approximate surface area is 95.7 Å². The van der Waals surface area contributed by atoms with Gasteiger partial charge in [-0.25, -0.2) is 4.99 Å². The Bertz CT molecular complexity index is 352. The molecular formula is C11H18N4O. The molecule has 0 aromatic carbocycles. The largest absolute Gasteiger partial charge is 0.383 e. The van der Waals surface area contributed by atoms with Crippen molar-refractivity contribution >= 4 is 5.96 Å². The fraction of sp³-hybridized carbons (Fsp3) is 0.455. The summed E-state index contributed by atoms with van der Waals surface area (Å²) in [5.74, 6) is 0.419. The van der Waals surface area contributed by atoms with E-state index in [0.29, 0.717) is 25.7 Å². The van der Waals surface area contributed by atoms with Crippen LogP contribution >= 0.6 is 0 Å². The summed E-state index contributed by atoms with van der Waals surface area (Å²) in [4.78, 5) is 8.42. The van der Waals surface area contributed by atoms with E-state index >= 15 is 0 Å². The highest BCUT2D eigenvalue weighted by atomic mass is 16.5. The fourth-order valence-electron chi connectivity index (χ4n) is 1.18. The maximum absolute atomic E-state index is 5.67. The van der Waals surface area contributed by atoms with Crippen molar-refractivity contribution in [3.63, 3.8) is 0 Å². The topological polar surface area (TPSA) is 72.5 Å². The van der Waals surface area contributed by atoms with E-state index in [2.05, 4.69) is 15.3 Å². The number of aliphatic imine (C=N–C) groups is 1. The number of nitrogens with one attached hydrogen (secondary N) is 1. The lowest BCUT2D eigenvalue weighted by Crippen LogP contribution is -2.34. The van der Waals surface area contributed by atoms with Crippen LogP contribution in [0.15, 0.2) is 23.3 Å². The summed E-state index contributed by atoms with van der Waals surface area (Å²) in [6.07, 6.45) is 1.76. The van der Waals surface area contributed by atoms with Gasteiger partial charge in [-0.3, -0.25) is 4.98 Å². The Morgan fingerprint density at radius 1 is 1.62 bits per heavy atom. The number of nitrogens with two attached hydrogens (primary N) is 1. The van der Waals surface area contributed by atoms with Crippen LogP contribution in [-0.2, 0) is 11.3 Å². The van der Waals surface area contributed by atoms with Crippen molar-refractivity contribution in [1.82, 2.24) is 10.3 Å². The van der Waals surface area contributed by atoms with Crippen LogP contribution in [-0.4, -0.2) is 31.2 Å². The molecule has 5 heteroatoms. The average molecular weight is 222 g/mol. The second kappa shape index (κ2) is 6.79. The maximum Gasteiger partial charge on any atom is 0.189 e. The first-order valence-corrected chi connectivity index (χ1v) is 5.17. The van der Waals surface area contributed by atoms with Crippen molar-refractivity contribution < 1.29 is 4.74 Å². The van der Waals surface area contributed by atoms with Gasteiger partial charge in [0.1, 0.15) is 0 Å². The highest BCUT2D eigenvalue weighted by molar-refractivity contribution is 5.77. The highest BCUT2D eigenvalue weighted by Crippen LogP contribution is 2.03. The Hall–Kier alpha value is -1.62. The minimum atomic E-state index is 0.419.